The van der Waals surface area contributed by atoms with Gasteiger partial charge in [0.2, 0.25) is 0 Å². The van der Waals surface area contributed by atoms with E-state index in [-0.39, 0.29) is 18.4 Å². The third kappa shape index (κ3) is 5.76. The maximum Gasteiger partial charge on any atom is 0.363 e. The second-order valence-corrected chi connectivity index (χ2v) is 9.23. The number of aromatic nitrogens is 1. The molecule has 0 spiro atoms. The molecule has 1 aliphatic rings. The van der Waals surface area contributed by atoms with Gasteiger partial charge in [-0.15, -0.1) is 5.06 Å². The lowest BCUT2D eigenvalue weighted by atomic mass is 10.1. The summed E-state index contributed by atoms with van der Waals surface area (Å²) in [5, 5.41) is 1.20. The Hall–Kier alpha value is -4.43. The number of hydrogen-bond donors (Lipinski definition) is 0. The Kier molecular flexibility index (Phi) is 7.24. The summed E-state index contributed by atoms with van der Waals surface area (Å²) < 4.78 is 11.7. The lowest BCUT2D eigenvalue weighted by molar-refractivity contribution is -0.172. The van der Waals surface area contributed by atoms with Crippen molar-refractivity contribution in [1.82, 2.24) is 10.0 Å². The molecule has 0 bridgehead atoms. The molecule has 0 aliphatic carbocycles. The number of aryl methyl sites for hydroxylation is 1. The van der Waals surface area contributed by atoms with Crippen molar-refractivity contribution in [2.24, 2.45) is 0 Å². The number of benzene rings is 3. The average molecular weight is 531 g/mol. The monoisotopic (exact) mass is 530 g/mol. The van der Waals surface area contributed by atoms with Crippen molar-refractivity contribution >= 4 is 29.4 Å². The van der Waals surface area contributed by atoms with Crippen molar-refractivity contribution in [3.05, 3.63) is 106 Å². The Bertz CT molecular complexity index is 1480. The van der Waals surface area contributed by atoms with E-state index in [1.54, 1.807) is 12.1 Å². The van der Waals surface area contributed by atoms with Crippen molar-refractivity contribution in [2.45, 2.75) is 32.8 Å². The van der Waals surface area contributed by atoms with Crippen molar-refractivity contribution in [3.8, 4) is 17.0 Å². The fourth-order valence-corrected chi connectivity index (χ4v) is 4.24. The van der Waals surface area contributed by atoms with Gasteiger partial charge in [0.25, 0.3) is 11.8 Å². The van der Waals surface area contributed by atoms with Crippen molar-refractivity contribution in [2.75, 3.05) is 0 Å². The Morgan fingerprint density at radius 1 is 0.974 bits per heavy atom. The summed E-state index contributed by atoms with van der Waals surface area (Å²) >= 11 is 6.08. The van der Waals surface area contributed by atoms with Crippen LogP contribution in [0.15, 0.2) is 77.2 Å². The van der Waals surface area contributed by atoms with Gasteiger partial charge in [0.1, 0.15) is 23.8 Å². The number of ether oxygens (including phenoxy) is 1. The molecular weight excluding hydrogens is 508 g/mol. The second-order valence-electron chi connectivity index (χ2n) is 8.79. The topological polar surface area (TPSA) is 98.9 Å². The lowest BCUT2D eigenvalue weighted by Crippen LogP contribution is -2.32. The zero-order valence-electron chi connectivity index (χ0n) is 20.5. The molecule has 38 heavy (non-hydrogen) atoms. The molecule has 5 rings (SSSR count). The number of nitrogens with zero attached hydrogens (tertiary/aromatic N) is 2. The maximum atomic E-state index is 12.2. The van der Waals surface area contributed by atoms with Crippen molar-refractivity contribution in [1.29, 1.82) is 0 Å². The number of rotatable bonds is 8. The molecule has 192 valence electrons. The Labute approximate surface area is 223 Å². The van der Waals surface area contributed by atoms with Crippen LogP contribution >= 0.6 is 11.6 Å². The van der Waals surface area contributed by atoms with Crippen LogP contribution in [0.25, 0.3) is 11.3 Å². The molecule has 0 N–H and O–H groups in total. The quantitative estimate of drug-likeness (QED) is 0.270. The third-order valence-corrected chi connectivity index (χ3v) is 6.22. The van der Waals surface area contributed by atoms with Crippen LogP contribution in [0.5, 0.6) is 5.75 Å². The first-order chi connectivity index (χ1) is 18.4. The van der Waals surface area contributed by atoms with E-state index in [0.717, 1.165) is 28.1 Å². The predicted molar refractivity (Wildman–Crippen MR) is 138 cm³/mol. The Morgan fingerprint density at radius 2 is 1.68 bits per heavy atom. The first-order valence-electron chi connectivity index (χ1n) is 12.0. The minimum atomic E-state index is -0.783. The van der Waals surface area contributed by atoms with E-state index in [0.29, 0.717) is 34.8 Å². The molecule has 0 unspecified atom stereocenters. The van der Waals surface area contributed by atoms with E-state index in [1.165, 1.54) is 12.1 Å². The fourth-order valence-electron chi connectivity index (χ4n) is 4.02. The van der Waals surface area contributed by atoms with Crippen molar-refractivity contribution < 1.29 is 28.4 Å². The van der Waals surface area contributed by atoms with Gasteiger partial charge in [0.15, 0.2) is 5.89 Å². The number of amides is 2. The highest BCUT2D eigenvalue weighted by atomic mass is 35.5. The minimum Gasteiger partial charge on any atom is -0.489 e. The van der Waals surface area contributed by atoms with Gasteiger partial charge in [-0.3, -0.25) is 9.59 Å². The summed E-state index contributed by atoms with van der Waals surface area (Å²) in [6.07, 6.45) is 0.643. The van der Waals surface area contributed by atoms with E-state index in [2.05, 4.69) is 4.98 Å². The largest absolute Gasteiger partial charge is 0.489 e. The molecule has 1 aliphatic heterocycles. The Morgan fingerprint density at radius 3 is 2.37 bits per heavy atom. The zero-order chi connectivity index (χ0) is 26.6. The van der Waals surface area contributed by atoms with E-state index in [4.69, 9.17) is 25.6 Å². The molecule has 1 saturated heterocycles. The first-order valence-corrected chi connectivity index (χ1v) is 12.3. The van der Waals surface area contributed by atoms with Gasteiger partial charge in [0, 0.05) is 29.8 Å². The van der Waals surface area contributed by atoms with E-state index < -0.39 is 17.8 Å². The SMILES string of the molecule is Cc1oc(Cc2cccc(Cl)c2)nc1-c1ccc(COc2ccc(C(=O)ON3C(=O)CCC3=O)cc2)cc1. The smallest absolute Gasteiger partial charge is 0.363 e. The molecule has 2 amide bonds. The Balaban J connectivity index is 1.17. The number of carbonyl (C=O) groups is 3. The van der Waals surface area contributed by atoms with E-state index >= 15 is 0 Å². The van der Waals surface area contributed by atoms with Gasteiger partial charge in [0.05, 0.1) is 5.56 Å². The van der Waals surface area contributed by atoms with Gasteiger partial charge in [-0.25, -0.2) is 9.78 Å². The normalized spacial score (nSPS) is 13.2. The van der Waals surface area contributed by atoms with Crippen LogP contribution < -0.4 is 4.74 Å². The van der Waals surface area contributed by atoms with Crippen LogP contribution in [0.1, 0.15) is 46.0 Å². The third-order valence-electron chi connectivity index (χ3n) is 5.99. The summed E-state index contributed by atoms with van der Waals surface area (Å²) in [6, 6.07) is 21.7. The van der Waals surface area contributed by atoms with E-state index in [1.807, 2.05) is 55.5 Å². The molecule has 0 atom stereocenters. The standard InChI is InChI=1S/C29H23ClN2O6/c1-18-28(31-25(37-18)16-20-3-2-4-23(30)15-20)21-7-5-19(6-8-21)17-36-24-11-9-22(10-12-24)29(35)38-32-26(33)13-14-27(32)34/h2-12,15H,13-14,16-17H2,1H3. The summed E-state index contributed by atoms with van der Waals surface area (Å²) in [5.41, 5.74) is 3.90. The second kappa shape index (κ2) is 10.9. The summed E-state index contributed by atoms with van der Waals surface area (Å²) in [4.78, 5) is 45.1. The van der Waals surface area contributed by atoms with E-state index in [9.17, 15) is 14.4 Å². The molecule has 3 aromatic carbocycles. The molecule has 0 radical (unpaired) electrons. The van der Waals surface area contributed by atoms with Crippen molar-refractivity contribution in [3.63, 3.8) is 0 Å². The zero-order valence-corrected chi connectivity index (χ0v) is 21.2. The predicted octanol–water partition coefficient (Wildman–Crippen LogP) is 5.69. The van der Waals surface area contributed by atoms with Crippen LogP contribution in [0.2, 0.25) is 5.02 Å². The lowest BCUT2D eigenvalue weighted by Gasteiger charge is -2.12. The van der Waals surface area contributed by atoms with Gasteiger partial charge < -0.3 is 14.0 Å². The number of carbonyl (C=O) groups excluding carboxylic acids is 3. The molecular formula is C29H23ClN2O6. The highest BCUT2D eigenvalue weighted by molar-refractivity contribution is 6.30. The van der Waals surface area contributed by atoms with Crippen LogP contribution in [-0.4, -0.2) is 27.8 Å². The number of hydroxylamine groups is 2. The highest BCUT2D eigenvalue weighted by Crippen LogP contribution is 2.26. The molecule has 9 heteroatoms. The number of halogens is 1. The minimum absolute atomic E-state index is 0.0447. The van der Waals surface area contributed by atoms with Crippen LogP contribution in [0.4, 0.5) is 0 Å². The summed E-state index contributed by atoms with van der Waals surface area (Å²) in [6.45, 7) is 2.21. The maximum absolute atomic E-state index is 12.2. The number of oxazole rings is 1. The molecule has 2 heterocycles. The fraction of sp³-hybridized carbons (Fsp3) is 0.172. The van der Waals surface area contributed by atoms with Crippen LogP contribution in [0.3, 0.4) is 0 Å². The highest BCUT2D eigenvalue weighted by Gasteiger charge is 2.33. The van der Waals surface area contributed by atoms with Gasteiger partial charge in [-0.2, -0.15) is 0 Å². The summed E-state index contributed by atoms with van der Waals surface area (Å²) in [5.74, 6) is 0.0878. The molecule has 8 nitrogen and oxygen atoms in total. The van der Waals surface area contributed by atoms with Gasteiger partial charge in [-0.05, 0) is 54.4 Å². The van der Waals surface area contributed by atoms with Gasteiger partial charge >= 0.3 is 5.97 Å². The number of imide groups is 1. The van der Waals surface area contributed by atoms with Gasteiger partial charge in [-0.1, -0.05) is 48.0 Å². The van der Waals surface area contributed by atoms with Crippen LogP contribution in [-0.2, 0) is 27.5 Å². The summed E-state index contributed by atoms with van der Waals surface area (Å²) in [7, 11) is 0. The molecule has 0 saturated carbocycles. The average Bonchev–Trinajstić information content (AvgIpc) is 3.44. The number of hydrogen-bond acceptors (Lipinski definition) is 7. The molecule has 1 fully saturated rings. The molecule has 1 aromatic heterocycles. The first kappa shape index (κ1) is 25.2. The molecule has 4 aromatic rings. The van der Waals surface area contributed by atoms with Crippen LogP contribution in [0, 0.1) is 6.92 Å².